The van der Waals surface area contributed by atoms with E-state index in [4.69, 9.17) is 0 Å². The first kappa shape index (κ1) is 20.6. The average molecular weight is 426 g/mol. The van der Waals surface area contributed by atoms with Gasteiger partial charge in [0.05, 0.1) is 17.1 Å². The minimum atomic E-state index is -3.11. The van der Waals surface area contributed by atoms with Gasteiger partial charge in [0.25, 0.3) is 17.8 Å². The minimum absolute atomic E-state index is 0.00271. The molecule has 1 saturated carbocycles. The van der Waals surface area contributed by atoms with Gasteiger partial charge in [-0.15, -0.1) is 0 Å². The van der Waals surface area contributed by atoms with Crippen LogP contribution in [0.2, 0.25) is 0 Å². The summed E-state index contributed by atoms with van der Waals surface area (Å²) in [6, 6.07) is 1.75. The van der Waals surface area contributed by atoms with E-state index in [0.717, 1.165) is 6.92 Å². The molecule has 4 rings (SSSR count). The molecule has 2 aromatic heterocycles. The third-order valence-corrected chi connectivity index (χ3v) is 6.09. The first-order valence-corrected chi connectivity index (χ1v) is 9.80. The Bertz CT molecular complexity index is 1020. The Labute approximate surface area is 170 Å². The van der Waals surface area contributed by atoms with E-state index in [1.807, 2.05) is 0 Å². The minimum Gasteiger partial charge on any atom is -0.349 e. The average Bonchev–Trinajstić information content (AvgIpc) is 3.04. The number of aromatic nitrogens is 2. The normalized spacial score (nSPS) is 23.7. The molecule has 2 atom stereocenters. The van der Waals surface area contributed by atoms with Crippen molar-refractivity contribution in [1.82, 2.24) is 20.2 Å². The molecule has 10 heteroatoms. The fourth-order valence-electron chi connectivity index (χ4n) is 4.07. The van der Waals surface area contributed by atoms with Crippen molar-refractivity contribution in [2.75, 3.05) is 13.1 Å². The molecule has 162 valence electrons. The molecule has 6 nitrogen and oxygen atoms in total. The van der Waals surface area contributed by atoms with Crippen molar-refractivity contribution in [2.45, 2.75) is 51.0 Å². The Kier molecular flexibility index (Phi) is 4.59. The molecule has 30 heavy (non-hydrogen) atoms. The number of likely N-dealkylation sites (tertiary alicyclic amines) is 1. The number of nitrogens with one attached hydrogen (secondary N) is 2. The van der Waals surface area contributed by atoms with E-state index in [0.29, 0.717) is 17.3 Å². The summed E-state index contributed by atoms with van der Waals surface area (Å²) >= 11 is 0. The number of halogens is 4. The number of carbonyl (C=O) groups excluding carboxylic acids is 2. The van der Waals surface area contributed by atoms with Gasteiger partial charge in [-0.3, -0.25) is 14.6 Å². The molecule has 2 fully saturated rings. The maximum atomic E-state index is 13.6. The molecule has 1 aliphatic heterocycles. The predicted molar refractivity (Wildman–Crippen MR) is 100 cm³/mol. The van der Waals surface area contributed by atoms with Crippen LogP contribution in [0.15, 0.2) is 18.3 Å². The Morgan fingerprint density at radius 3 is 2.63 bits per heavy atom. The van der Waals surface area contributed by atoms with Crippen molar-refractivity contribution in [3.63, 3.8) is 0 Å². The van der Waals surface area contributed by atoms with Crippen LogP contribution in [-0.4, -0.2) is 51.7 Å². The Morgan fingerprint density at radius 1 is 1.37 bits per heavy atom. The van der Waals surface area contributed by atoms with Gasteiger partial charge in [0.1, 0.15) is 17.4 Å². The first-order valence-electron chi connectivity index (χ1n) is 9.80. The summed E-state index contributed by atoms with van der Waals surface area (Å²) in [7, 11) is 0. The maximum Gasteiger partial charge on any atom is 0.286 e. The SMILES string of the molecule is CC[C@H](NC(=O)c1cc2cc(C(C)(F)F)ncc2[nH]1)C(=O)N1CC[C@@]2(C1)CC2(F)F. The van der Waals surface area contributed by atoms with E-state index >= 15 is 0 Å². The fourth-order valence-corrected chi connectivity index (χ4v) is 4.07. The van der Waals surface area contributed by atoms with Crippen LogP contribution in [0, 0.1) is 5.41 Å². The summed E-state index contributed by atoms with van der Waals surface area (Å²) in [5.74, 6) is -6.81. The topological polar surface area (TPSA) is 78.1 Å². The van der Waals surface area contributed by atoms with Crippen molar-refractivity contribution >= 4 is 22.7 Å². The van der Waals surface area contributed by atoms with Crippen LogP contribution >= 0.6 is 0 Å². The molecule has 1 saturated heterocycles. The Morgan fingerprint density at radius 2 is 2.07 bits per heavy atom. The first-order chi connectivity index (χ1) is 14.0. The third-order valence-electron chi connectivity index (χ3n) is 6.09. The lowest BCUT2D eigenvalue weighted by atomic mass is 10.1. The van der Waals surface area contributed by atoms with Gasteiger partial charge in [-0.1, -0.05) is 6.92 Å². The van der Waals surface area contributed by atoms with Gasteiger partial charge in [-0.05, 0) is 25.0 Å². The number of alkyl halides is 4. The van der Waals surface area contributed by atoms with Gasteiger partial charge in [-0.25, -0.2) is 8.78 Å². The third kappa shape index (κ3) is 3.41. The van der Waals surface area contributed by atoms with E-state index in [1.165, 1.54) is 23.2 Å². The number of fused-ring (bicyclic) bond motifs is 1. The molecule has 0 bridgehead atoms. The lowest BCUT2D eigenvalue weighted by molar-refractivity contribution is -0.132. The molecule has 2 N–H and O–H groups in total. The number of H-pyrrole nitrogens is 1. The van der Waals surface area contributed by atoms with Gasteiger partial charge in [-0.2, -0.15) is 8.78 Å². The number of nitrogens with zero attached hydrogens (tertiary/aromatic N) is 2. The quantitative estimate of drug-likeness (QED) is 0.719. The van der Waals surface area contributed by atoms with E-state index in [1.54, 1.807) is 6.92 Å². The standard InChI is InChI=1S/C20H22F4N4O2/c1-3-12(17(30)28-5-4-19(10-28)9-20(19,23)24)27-16(29)13-6-11-7-15(18(2,21)22)25-8-14(11)26-13/h6-8,12,26H,3-5,9-10H2,1-2H3,(H,27,29)/t12-,19-/m0/s1. The van der Waals surface area contributed by atoms with Crippen LogP contribution in [0.4, 0.5) is 17.6 Å². The summed E-state index contributed by atoms with van der Waals surface area (Å²) in [6.45, 7) is 2.69. The van der Waals surface area contributed by atoms with Crippen molar-refractivity contribution in [1.29, 1.82) is 0 Å². The van der Waals surface area contributed by atoms with E-state index in [9.17, 15) is 27.2 Å². The monoisotopic (exact) mass is 426 g/mol. The van der Waals surface area contributed by atoms with Crippen LogP contribution < -0.4 is 5.32 Å². The largest absolute Gasteiger partial charge is 0.349 e. The van der Waals surface area contributed by atoms with Gasteiger partial charge >= 0.3 is 0 Å². The summed E-state index contributed by atoms with van der Waals surface area (Å²) in [4.78, 5) is 33.3. The molecule has 2 amide bonds. The van der Waals surface area contributed by atoms with Crippen LogP contribution in [0.3, 0.4) is 0 Å². The highest BCUT2D eigenvalue weighted by molar-refractivity contribution is 6.00. The van der Waals surface area contributed by atoms with E-state index < -0.39 is 40.8 Å². The fraction of sp³-hybridized carbons (Fsp3) is 0.550. The van der Waals surface area contributed by atoms with Gasteiger partial charge < -0.3 is 15.2 Å². The van der Waals surface area contributed by atoms with Crippen molar-refractivity contribution in [3.05, 3.63) is 29.7 Å². The molecule has 2 aliphatic rings. The highest BCUT2D eigenvalue weighted by Gasteiger charge is 2.73. The maximum absolute atomic E-state index is 13.6. The highest BCUT2D eigenvalue weighted by atomic mass is 19.3. The lowest BCUT2D eigenvalue weighted by Crippen LogP contribution is -2.47. The molecular formula is C20H22F4N4O2. The van der Waals surface area contributed by atoms with Crippen molar-refractivity contribution in [3.8, 4) is 0 Å². The van der Waals surface area contributed by atoms with Crippen LogP contribution in [-0.2, 0) is 10.7 Å². The number of amides is 2. The van der Waals surface area contributed by atoms with Crippen LogP contribution in [0.1, 0.15) is 49.3 Å². The second kappa shape index (κ2) is 6.68. The highest BCUT2D eigenvalue weighted by Crippen LogP contribution is 2.65. The van der Waals surface area contributed by atoms with Crippen molar-refractivity contribution in [2.24, 2.45) is 5.41 Å². The summed E-state index contributed by atoms with van der Waals surface area (Å²) in [5, 5.41) is 3.01. The van der Waals surface area contributed by atoms with Gasteiger partial charge in [0.2, 0.25) is 5.91 Å². The van der Waals surface area contributed by atoms with Crippen LogP contribution in [0.5, 0.6) is 0 Å². The second-order valence-electron chi connectivity index (χ2n) is 8.33. The predicted octanol–water partition coefficient (Wildman–Crippen LogP) is 3.44. The molecular weight excluding hydrogens is 404 g/mol. The molecule has 0 unspecified atom stereocenters. The summed E-state index contributed by atoms with van der Waals surface area (Å²) in [5.41, 5.74) is -1.01. The zero-order chi connectivity index (χ0) is 21.9. The number of rotatable bonds is 5. The van der Waals surface area contributed by atoms with Crippen molar-refractivity contribution < 1.29 is 27.2 Å². The molecule has 2 aromatic rings. The zero-order valence-corrected chi connectivity index (χ0v) is 16.6. The molecule has 1 aliphatic carbocycles. The molecule has 3 heterocycles. The van der Waals surface area contributed by atoms with Gasteiger partial charge in [0, 0.05) is 31.8 Å². The molecule has 0 radical (unpaired) electrons. The van der Waals surface area contributed by atoms with E-state index in [2.05, 4.69) is 15.3 Å². The second-order valence-corrected chi connectivity index (χ2v) is 8.33. The number of aromatic amines is 1. The van der Waals surface area contributed by atoms with Gasteiger partial charge in [0.15, 0.2) is 0 Å². The number of carbonyl (C=O) groups is 2. The Hall–Kier alpha value is -2.65. The smallest absolute Gasteiger partial charge is 0.286 e. The van der Waals surface area contributed by atoms with Crippen LogP contribution in [0.25, 0.3) is 10.9 Å². The number of pyridine rings is 1. The molecule has 0 aromatic carbocycles. The zero-order valence-electron chi connectivity index (χ0n) is 16.6. The summed E-state index contributed by atoms with van der Waals surface area (Å²) < 4.78 is 54.1. The lowest BCUT2D eigenvalue weighted by Gasteiger charge is -2.23. The Balaban J connectivity index is 1.46. The number of hydrogen-bond acceptors (Lipinski definition) is 3. The number of hydrogen-bond donors (Lipinski definition) is 2. The molecule has 1 spiro atoms. The van der Waals surface area contributed by atoms with E-state index in [-0.39, 0.29) is 31.6 Å². The summed E-state index contributed by atoms with van der Waals surface area (Å²) in [6.07, 6.45) is 1.57.